The van der Waals surface area contributed by atoms with Crippen molar-refractivity contribution in [2.45, 2.75) is 20.0 Å². The fraction of sp³-hybridized carbons (Fsp3) is 0.231. The van der Waals surface area contributed by atoms with Gasteiger partial charge in [-0.1, -0.05) is 0 Å². The zero-order chi connectivity index (χ0) is 12.3. The Morgan fingerprint density at radius 3 is 2.47 bits per heavy atom. The molecule has 17 heavy (non-hydrogen) atoms. The number of ether oxygens (including phenoxy) is 1. The Labute approximate surface area is 99.3 Å². The van der Waals surface area contributed by atoms with E-state index in [0.717, 1.165) is 11.3 Å². The second-order valence-corrected chi connectivity index (χ2v) is 4.00. The number of rotatable bonds is 3. The van der Waals surface area contributed by atoms with E-state index in [-0.39, 0.29) is 11.7 Å². The number of nitrogens with one attached hydrogen (secondary N) is 1. The second kappa shape index (κ2) is 4.82. The smallest absolute Gasteiger partial charge is 0.266 e. The molecule has 1 aromatic carbocycles. The molecule has 0 aliphatic carbocycles. The van der Waals surface area contributed by atoms with Crippen molar-refractivity contribution in [2.24, 2.45) is 0 Å². The molecule has 0 amide bonds. The van der Waals surface area contributed by atoms with Crippen LogP contribution in [0.5, 0.6) is 5.75 Å². The zero-order valence-electron chi connectivity index (χ0n) is 9.81. The van der Waals surface area contributed by atoms with Crippen LogP contribution in [0.15, 0.2) is 41.5 Å². The van der Waals surface area contributed by atoms with Gasteiger partial charge in [-0.2, -0.15) is 0 Å². The topological polar surface area (TPSA) is 55.0 Å². The molecule has 0 radical (unpaired) electrons. The van der Waals surface area contributed by atoms with Crippen LogP contribution in [0.1, 0.15) is 13.8 Å². The van der Waals surface area contributed by atoms with Crippen LogP contribution in [0.25, 0.3) is 11.3 Å². The standard InChI is InChI=1S/C13H14N2O2/c1-9(2)17-11-5-3-10(4-6-11)12-7-14-8-13(16)15-12/h3-9H,1-2H3,(H,15,16). The fourth-order valence-electron chi connectivity index (χ4n) is 1.51. The molecule has 4 nitrogen and oxygen atoms in total. The molecule has 0 fully saturated rings. The van der Waals surface area contributed by atoms with Crippen molar-refractivity contribution >= 4 is 0 Å². The highest BCUT2D eigenvalue weighted by atomic mass is 16.5. The van der Waals surface area contributed by atoms with Crippen LogP contribution in [0, 0.1) is 0 Å². The molecule has 0 saturated carbocycles. The summed E-state index contributed by atoms with van der Waals surface area (Å²) in [7, 11) is 0. The minimum Gasteiger partial charge on any atom is -0.491 e. The maximum atomic E-state index is 11.1. The van der Waals surface area contributed by atoms with Crippen LogP contribution < -0.4 is 10.3 Å². The predicted molar refractivity (Wildman–Crippen MR) is 66.1 cm³/mol. The first kappa shape index (κ1) is 11.4. The second-order valence-electron chi connectivity index (χ2n) is 4.00. The molecule has 1 heterocycles. The lowest BCUT2D eigenvalue weighted by Gasteiger charge is -2.09. The van der Waals surface area contributed by atoms with Gasteiger partial charge >= 0.3 is 0 Å². The number of hydrogen-bond donors (Lipinski definition) is 1. The number of aromatic amines is 1. The number of hydrogen-bond acceptors (Lipinski definition) is 3. The Morgan fingerprint density at radius 1 is 1.18 bits per heavy atom. The van der Waals surface area contributed by atoms with Crippen molar-refractivity contribution in [3.63, 3.8) is 0 Å². The maximum absolute atomic E-state index is 11.1. The molecule has 0 spiro atoms. The minimum absolute atomic E-state index is 0.152. The molecule has 0 atom stereocenters. The van der Waals surface area contributed by atoms with Crippen LogP contribution in [0.3, 0.4) is 0 Å². The fourth-order valence-corrected chi connectivity index (χ4v) is 1.51. The monoisotopic (exact) mass is 230 g/mol. The van der Waals surface area contributed by atoms with Gasteiger partial charge in [-0.15, -0.1) is 0 Å². The number of benzene rings is 1. The summed E-state index contributed by atoms with van der Waals surface area (Å²) < 4.78 is 5.54. The van der Waals surface area contributed by atoms with Crippen molar-refractivity contribution in [3.05, 3.63) is 47.0 Å². The van der Waals surface area contributed by atoms with E-state index in [2.05, 4.69) is 9.97 Å². The van der Waals surface area contributed by atoms with Crippen molar-refractivity contribution < 1.29 is 4.74 Å². The molecule has 88 valence electrons. The average molecular weight is 230 g/mol. The first-order valence-corrected chi connectivity index (χ1v) is 5.46. The third-order valence-corrected chi connectivity index (χ3v) is 2.19. The molecular formula is C13H14N2O2. The van der Waals surface area contributed by atoms with Gasteiger partial charge in [0.2, 0.25) is 0 Å². The number of H-pyrrole nitrogens is 1. The predicted octanol–water partition coefficient (Wildman–Crippen LogP) is 2.22. The molecule has 0 bridgehead atoms. The Morgan fingerprint density at radius 2 is 1.88 bits per heavy atom. The highest BCUT2D eigenvalue weighted by Crippen LogP contribution is 2.19. The lowest BCUT2D eigenvalue weighted by atomic mass is 10.1. The normalized spacial score (nSPS) is 10.5. The summed E-state index contributed by atoms with van der Waals surface area (Å²) in [5.74, 6) is 0.815. The van der Waals surface area contributed by atoms with E-state index in [4.69, 9.17) is 4.74 Å². The van der Waals surface area contributed by atoms with Crippen LogP contribution in [0.4, 0.5) is 0 Å². The molecule has 0 aliphatic rings. The van der Waals surface area contributed by atoms with Gasteiger partial charge in [0.1, 0.15) is 5.75 Å². The summed E-state index contributed by atoms with van der Waals surface area (Å²) in [6.07, 6.45) is 3.03. The van der Waals surface area contributed by atoms with Gasteiger partial charge in [0.25, 0.3) is 5.56 Å². The van der Waals surface area contributed by atoms with E-state index in [0.29, 0.717) is 5.69 Å². The highest BCUT2D eigenvalue weighted by Gasteiger charge is 2.01. The van der Waals surface area contributed by atoms with E-state index < -0.39 is 0 Å². The van der Waals surface area contributed by atoms with E-state index in [1.807, 2.05) is 38.1 Å². The summed E-state index contributed by atoms with van der Waals surface area (Å²) in [5.41, 5.74) is 1.41. The first-order valence-electron chi connectivity index (χ1n) is 5.46. The SMILES string of the molecule is CC(C)Oc1ccc(-c2cncc(=O)[nH]2)cc1. The van der Waals surface area contributed by atoms with Crippen LogP contribution >= 0.6 is 0 Å². The maximum Gasteiger partial charge on any atom is 0.266 e. The van der Waals surface area contributed by atoms with Crippen LogP contribution in [-0.4, -0.2) is 16.1 Å². The van der Waals surface area contributed by atoms with Crippen molar-refractivity contribution in [3.8, 4) is 17.0 Å². The van der Waals surface area contributed by atoms with E-state index in [1.165, 1.54) is 6.20 Å². The van der Waals surface area contributed by atoms with Gasteiger partial charge in [-0.05, 0) is 43.7 Å². The highest BCUT2D eigenvalue weighted by molar-refractivity contribution is 5.58. The summed E-state index contributed by atoms with van der Waals surface area (Å²) >= 11 is 0. The first-order chi connectivity index (χ1) is 8.15. The Hall–Kier alpha value is -2.10. The zero-order valence-corrected chi connectivity index (χ0v) is 9.81. The van der Waals surface area contributed by atoms with Crippen molar-refractivity contribution in [1.82, 2.24) is 9.97 Å². The van der Waals surface area contributed by atoms with E-state index in [1.54, 1.807) is 6.20 Å². The Bertz CT molecular complexity index is 544. The summed E-state index contributed by atoms with van der Waals surface area (Å²) in [6.45, 7) is 3.96. The Balaban J connectivity index is 2.26. The summed E-state index contributed by atoms with van der Waals surface area (Å²) in [5, 5.41) is 0. The van der Waals surface area contributed by atoms with Crippen LogP contribution in [0.2, 0.25) is 0 Å². The van der Waals surface area contributed by atoms with E-state index >= 15 is 0 Å². The van der Waals surface area contributed by atoms with Crippen molar-refractivity contribution in [2.75, 3.05) is 0 Å². The van der Waals surface area contributed by atoms with Gasteiger partial charge in [-0.25, -0.2) is 0 Å². The average Bonchev–Trinajstić information content (AvgIpc) is 2.29. The molecule has 1 N–H and O–H groups in total. The lowest BCUT2D eigenvalue weighted by Crippen LogP contribution is -2.06. The summed E-state index contributed by atoms with van der Waals surface area (Å²) in [4.78, 5) is 17.7. The summed E-state index contributed by atoms with van der Waals surface area (Å²) in [6, 6.07) is 7.54. The number of nitrogens with zero attached hydrogens (tertiary/aromatic N) is 1. The molecule has 0 saturated heterocycles. The number of aromatic nitrogens is 2. The Kier molecular flexibility index (Phi) is 3.23. The van der Waals surface area contributed by atoms with Crippen molar-refractivity contribution in [1.29, 1.82) is 0 Å². The quantitative estimate of drug-likeness (QED) is 0.879. The molecule has 4 heteroatoms. The molecule has 2 aromatic rings. The molecule has 0 unspecified atom stereocenters. The van der Waals surface area contributed by atoms with Gasteiger partial charge in [-0.3, -0.25) is 9.78 Å². The third kappa shape index (κ3) is 2.93. The van der Waals surface area contributed by atoms with Gasteiger partial charge < -0.3 is 9.72 Å². The third-order valence-electron chi connectivity index (χ3n) is 2.19. The minimum atomic E-state index is -0.204. The lowest BCUT2D eigenvalue weighted by molar-refractivity contribution is 0.242. The van der Waals surface area contributed by atoms with Crippen LogP contribution in [-0.2, 0) is 0 Å². The molecule has 0 aliphatic heterocycles. The van der Waals surface area contributed by atoms with Gasteiger partial charge in [0.05, 0.1) is 24.2 Å². The van der Waals surface area contributed by atoms with Gasteiger partial charge in [0.15, 0.2) is 0 Å². The van der Waals surface area contributed by atoms with Gasteiger partial charge in [0, 0.05) is 0 Å². The molecule has 2 rings (SSSR count). The molecular weight excluding hydrogens is 216 g/mol. The largest absolute Gasteiger partial charge is 0.491 e. The van der Waals surface area contributed by atoms with E-state index in [9.17, 15) is 4.79 Å². The molecule has 1 aromatic heterocycles.